The molecule has 1 aromatic rings. The van der Waals surface area contributed by atoms with Crippen LogP contribution in [-0.2, 0) is 16.0 Å². The van der Waals surface area contributed by atoms with Gasteiger partial charge >= 0.3 is 6.09 Å². The molecule has 110 valence electrons. The van der Waals surface area contributed by atoms with Crippen molar-refractivity contribution in [1.29, 1.82) is 0 Å². The van der Waals surface area contributed by atoms with Gasteiger partial charge in [-0.1, -0.05) is 30.3 Å². The summed E-state index contributed by atoms with van der Waals surface area (Å²) in [4.78, 5) is 23.6. The van der Waals surface area contributed by atoms with Gasteiger partial charge < -0.3 is 10.5 Å². The Kier molecular flexibility index (Phi) is 5.24. The fraction of sp³-hybridized carbons (Fsp3) is 0.429. The van der Waals surface area contributed by atoms with Gasteiger partial charge in [-0.3, -0.25) is 4.79 Å². The second-order valence-corrected chi connectivity index (χ2v) is 5.48. The summed E-state index contributed by atoms with van der Waals surface area (Å²) in [6.07, 6.45) is -0.609. The lowest BCUT2D eigenvalue weighted by atomic mass is 10.1. The van der Waals surface area contributed by atoms with E-state index in [0.29, 0.717) is 11.4 Å². The Balaban J connectivity index is 2.62. The van der Waals surface area contributed by atoms with E-state index in [0.717, 1.165) is 5.56 Å². The van der Waals surface area contributed by atoms with Gasteiger partial charge in [0.1, 0.15) is 5.60 Å². The summed E-state index contributed by atoms with van der Waals surface area (Å²) < 4.78 is 5.01. The zero-order valence-corrected chi connectivity index (χ0v) is 12.0. The number of nitrogens with zero attached hydrogens (tertiary/aromatic N) is 1. The van der Waals surface area contributed by atoms with E-state index in [1.54, 1.807) is 20.8 Å². The highest BCUT2D eigenvalue weighted by molar-refractivity contribution is 5.94. The zero-order valence-electron chi connectivity index (χ0n) is 12.0. The highest BCUT2D eigenvalue weighted by Crippen LogP contribution is 2.09. The zero-order chi connectivity index (χ0) is 15.3. The van der Waals surface area contributed by atoms with Gasteiger partial charge in [-0.15, -0.1) is 0 Å². The first kappa shape index (κ1) is 16.1. The molecule has 0 fully saturated rings. The fourth-order valence-corrected chi connectivity index (χ4v) is 1.54. The molecule has 1 rings (SSSR count). The van der Waals surface area contributed by atoms with Gasteiger partial charge in [0.15, 0.2) is 0 Å². The molecule has 0 heterocycles. The average molecular weight is 279 g/mol. The fourth-order valence-electron chi connectivity index (χ4n) is 1.54. The Hall–Kier alpha value is -1.92. The van der Waals surface area contributed by atoms with Crippen molar-refractivity contribution in [2.45, 2.75) is 38.8 Å². The molecule has 0 aliphatic heterocycles. The molecule has 20 heavy (non-hydrogen) atoms. The number of carbonyl (C=O) groups is 2. The van der Waals surface area contributed by atoms with E-state index < -0.39 is 23.6 Å². The van der Waals surface area contributed by atoms with Crippen LogP contribution in [-0.4, -0.2) is 28.7 Å². The predicted molar refractivity (Wildman–Crippen MR) is 75.4 cm³/mol. The molecule has 0 unspecified atom stereocenters. The lowest BCUT2D eigenvalue weighted by molar-refractivity contribution is -0.132. The Morgan fingerprint density at radius 3 is 2.30 bits per heavy atom. The number of carbonyl (C=O) groups excluding carboxylic acids is 2. The summed E-state index contributed by atoms with van der Waals surface area (Å²) >= 11 is 0. The van der Waals surface area contributed by atoms with Crippen LogP contribution in [0.15, 0.2) is 30.3 Å². The summed E-state index contributed by atoms with van der Waals surface area (Å²) in [6.45, 7) is 5.06. The third-order valence-electron chi connectivity index (χ3n) is 2.44. The molecular formula is C14H21N3O3. The van der Waals surface area contributed by atoms with Crippen LogP contribution in [0.25, 0.3) is 0 Å². The van der Waals surface area contributed by atoms with Crippen LogP contribution in [0, 0.1) is 0 Å². The van der Waals surface area contributed by atoms with Crippen LogP contribution >= 0.6 is 0 Å². The summed E-state index contributed by atoms with van der Waals surface area (Å²) in [5, 5.41) is 0.429. The van der Waals surface area contributed by atoms with Gasteiger partial charge in [-0.2, -0.15) is 5.01 Å². The molecule has 1 aromatic carbocycles. The molecule has 0 aromatic heterocycles. The first-order valence-corrected chi connectivity index (χ1v) is 6.32. The van der Waals surface area contributed by atoms with Crippen molar-refractivity contribution in [3.63, 3.8) is 0 Å². The molecule has 4 N–H and O–H groups in total. The maximum Gasteiger partial charge on any atom is 0.431 e. The third kappa shape index (κ3) is 4.99. The molecule has 0 spiro atoms. The third-order valence-corrected chi connectivity index (χ3v) is 2.44. The first-order valence-electron chi connectivity index (χ1n) is 6.32. The molecule has 0 aliphatic rings. The van der Waals surface area contributed by atoms with E-state index in [2.05, 4.69) is 0 Å². The van der Waals surface area contributed by atoms with Crippen molar-refractivity contribution in [3.05, 3.63) is 35.9 Å². The SMILES string of the molecule is CC(C)(C)OC(=O)N(N)C(=O)[C@@H](N)Cc1ccccc1. The normalized spacial score (nSPS) is 12.7. The van der Waals surface area contributed by atoms with Crippen molar-refractivity contribution < 1.29 is 14.3 Å². The van der Waals surface area contributed by atoms with Crippen LogP contribution in [0.1, 0.15) is 26.3 Å². The number of hydrogen-bond acceptors (Lipinski definition) is 5. The summed E-state index contributed by atoms with van der Waals surface area (Å²) in [5.74, 6) is 4.77. The van der Waals surface area contributed by atoms with Crippen LogP contribution in [0.5, 0.6) is 0 Å². The van der Waals surface area contributed by atoms with Crippen LogP contribution in [0.2, 0.25) is 0 Å². The molecule has 2 amide bonds. The second kappa shape index (κ2) is 6.49. The number of hydrazine groups is 1. The smallest absolute Gasteiger partial charge is 0.431 e. The van der Waals surface area contributed by atoms with Crippen molar-refractivity contribution >= 4 is 12.0 Å². The largest absolute Gasteiger partial charge is 0.442 e. The van der Waals surface area contributed by atoms with Gasteiger partial charge in [0.25, 0.3) is 5.91 Å². The number of amides is 2. The number of rotatable bonds is 3. The van der Waals surface area contributed by atoms with E-state index in [9.17, 15) is 9.59 Å². The highest BCUT2D eigenvalue weighted by Gasteiger charge is 2.28. The minimum atomic E-state index is -0.911. The van der Waals surface area contributed by atoms with Crippen LogP contribution in [0.4, 0.5) is 4.79 Å². The number of nitrogens with two attached hydrogens (primary N) is 2. The van der Waals surface area contributed by atoms with Crippen LogP contribution in [0.3, 0.4) is 0 Å². The summed E-state index contributed by atoms with van der Waals surface area (Å²) in [7, 11) is 0. The molecule has 1 atom stereocenters. The quantitative estimate of drug-likeness (QED) is 0.492. The van der Waals surface area contributed by atoms with E-state index in [1.165, 1.54) is 0 Å². The Morgan fingerprint density at radius 1 is 1.25 bits per heavy atom. The first-order chi connectivity index (χ1) is 9.20. The van der Waals surface area contributed by atoms with Gasteiger partial charge in [0, 0.05) is 0 Å². The lowest BCUT2D eigenvalue weighted by Gasteiger charge is -2.24. The van der Waals surface area contributed by atoms with E-state index in [1.807, 2.05) is 30.3 Å². The van der Waals surface area contributed by atoms with Gasteiger partial charge in [-0.05, 0) is 32.8 Å². The molecule has 6 nitrogen and oxygen atoms in total. The lowest BCUT2D eigenvalue weighted by Crippen LogP contribution is -2.52. The van der Waals surface area contributed by atoms with Crippen molar-refractivity contribution in [2.75, 3.05) is 0 Å². The number of hydrogen-bond donors (Lipinski definition) is 2. The van der Waals surface area contributed by atoms with Crippen molar-refractivity contribution in [2.24, 2.45) is 11.6 Å². The highest BCUT2D eigenvalue weighted by atomic mass is 16.6. The van der Waals surface area contributed by atoms with E-state index in [4.69, 9.17) is 16.3 Å². The topological polar surface area (TPSA) is 98.6 Å². The van der Waals surface area contributed by atoms with Crippen molar-refractivity contribution in [3.8, 4) is 0 Å². The number of ether oxygens (including phenoxy) is 1. The Labute approximate surface area is 118 Å². The molecule has 0 aliphatic carbocycles. The van der Waals surface area contributed by atoms with E-state index in [-0.39, 0.29) is 0 Å². The molecule has 0 saturated carbocycles. The maximum atomic E-state index is 11.9. The van der Waals surface area contributed by atoms with Crippen LogP contribution < -0.4 is 11.6 Å². The average Bonchev–Trinajstić information content (AvgIpc) is 2.36. The van der Waals surface area contributed by atoms with Gasteiger partial charge in [0.2, 0.25) is 0 Å². The van der Waals surface area contributed by atoms with Crippen molar-refractivity contribution in [1.82, 2.24) is 5.01 Å². The Bertz CT molecular complexity index is 468. The number of benzene rings is 1. The molecule has 6 heteroatoms. The minimum absolute atomic E-state index is 0.302. The summed E-state index contributed by atoms with van der Waals surface area (Å²) in [6, 6.07) is 8.37. The molecule has 0 radical (unpaired) electrons. The molecule has 0 bridgehead atoms. The summed E-state index contributed by atoms with van der Waals surface area (Å²) in [5.41, 5.74) is 5.94. The van der Waals surface area contributed by atoms with E-state index >= 15 is 0 Å². The molecular weight excluding hydrogens is 258 g/mol. The standard InChI is InChI=1S/C14H21N3O3/c1-14(2,3)20-13(19)17(16)12(18)11(15)9-10-7-5-4-6-8-10/h4-8,11H,9,15-16H2,1-3H3/t11-/m0/s1. The maximum absolute atomic E-state index is 11.9. The molecule has 0 saturated heterocycles. The number of imide groups is 1. The predicted octanol–water partition coefficient (Wildman–Crippen LogP) is 1.19. The monoisotopic (exact) mass is 279 g/mol. The second-order valence-electron chi connectivity index (χ2n) is 5.48. The van der Waals surface area contributed by atoms with Gasteiger partial charge in [-0.25, -0.2) is 10.6 Å². The minimum Gasteiger partial charge on any atom is -0.442 e. The Morgan fingerprint density at radius 2 is 1.80 bits per heavy atom. The van der Waals surface area contributed by atoms with Gasteiger partial charge in [0.05, 0.1) is 6.04 Å².